The average Bonchev–Trinajstić information content (AvgIpc) is 3.24. The van der Waals surface area contributed by atoms with Crippen molar-refractivity contribution < 1.29 is 14.4 Å². The van der Waals surface area contributed by atoms with Crippen molar-refractivity contribution in [2.75, 3.05) is 32.1 Å². The van der Waals surface area contributed by atoms with E-state index in [1.54, 1.807) is 31.4 Å². The molecule has 1 aliphatic rings. The molecule has 4 aromatic carbocycles. The molecule has 61 heavy (non-hydrogen) atoms. The van der Waals surface area contributed by atoms with Gasteiger partial charge in [0.25, 0.3) is 5.91 Å². The number of oxime groups is 1. The number of rotatable bonds is 15. The van der Waals surface area contributed by atoms with E-state index in [4.69, 9.17) is 4.84 Å². The molecule has 0 aliphatic carbocycles. The Morgan fingerprint density at radius 3 is 1.87 bits per heavy atom. The number of aromatic nitrogens is 2. The van der Waals surface area contributed by atoms with Crippen LogP contribution < -0.4 is 4.90 Å². The van der Waals surface area contributed by atoms with Crippen molar-refractivity contribution in [3.63, 3.8) is 0 Å². The molecular formula is C51H52N6O4. The summed E-state index contributed by atoms with van der Waals surface area (Å²) in [7, 11) is 3.48. The molecule has 0 spiro atoms. The third kappa shape index (κ3) is 9.98. The molecule has 10 nitrogen and oxygen atoms in total. The predicted octanol–water partition coefficient (Wildman–Crippen LogP) is 10.0. The van der Waals surface area contributed by atoms with Crippen molar-refractivity contribution in [3.8, 4) is 0 Å². The van der Waals surface area contributed by atoms with Gasteiger partial charge in [-0.2, -0.15) is 4.91 Å². The summed E-state index contributed by atoms with van der Waals surface area (Å²) in [5.41, 5.74) is 12.2. The maximum absolute atomic E-state index is 13.6. The fraction of sp³-hybridized carbons (Fsp3) is 0.275. The Morgan fingerprint density at radius 2 is 1.28 bits per heavy atom. The number of nitroso groups, excluding NO2 is 1. The maximum Gasteiger partial charge on any atom is 0.341 e. The third-order valence-electron chi connectivity index (χ3n) is 11.7. The number of carbonyl (C=O) groups excluding carboxylic acids is 2. The van der Waals surface area contributed by atoms with Crippen LogP contribution in [0.4, 0.5) is 5.69 Å². The highest BCUT2D eigenvalue weighted by molar-refractivity contribution is 6.01. The van der Waals surface area contributed by atoms with E-state index in [2.05, 4.69) is 87.6 Å². The average molecular weight is 813 g/mol. The molecule has 310 valence electrons. The minimum absolute atomic E-state index is 0.0566. The van der Waals surface area contributed by atoms with Crippen LogP contribution in [0.1, 0.15) is 97.0 Å². The summed E-state index contributed by atoms with van der Waals surface area (Å²) >= 11 is 0. The fourth-order valence-electron chi connectivity index (χ4n) is 8.22. The molecule has 1 aliphatic heterocycles. The summed E-state index contributed by atoms with van der Waals surface area (Å²) in [4.78, 5) is 56.7. The number of nitrogens with zero attached hydrogens (tertiary/aromatic N) is 6. The number of carbonyl (C=O) groups is 2. The van der Waals surface area contributed by atoms with Crippen LogP contribution in [-0.4, -0.2) is 59.6 Å². The summed E-state index contributed by atoms with van der Waals surface area (Å²) < 4.78 is 0. The number of anilines is 1. The number of hydrogen-bond acceptors (Lipinski definition) is 9. The van der Waals surface area contributed by atoms with Crippen molar-refractivity contribution in [3.05, 3.63) is 200 Å². The molecule has 1 amide bonds. The van der Waals surface area contributed by atoms with Gasteiger partial charge in [0.2, 0.25) is 0 Å². The van der Waals surface area contributed by atoms with E-state index in [9.17, 15) is 14.5 Å². The van der Waals surface area contributed by atoms with Gasteiger partial charge in [-0.1, -0.05) is 83.1 Å². The molecule has 1 unspecified atom stereocenters. The molecule has 0 bridgehead atoms. The lowest BCUT2D eigenvalue weighted by Crippen LogP contribution is -2.50. The van der Waals surface area contributed by atoms with E-state index in [-0.39, 0.29) is 29.6 Å². The smallest absolute Gasteiger partial charge is 0.341 e. The normalized spacial score (nSPS) is 14.4. The van der Waals surface area contributed by atoms with Gasteiger partial charge in [-0.25, -0.2) is 4.79 Å². The monoisotopic (exact) mass is 812 g/mol. The van der Waals surface area contributed by atoms with Crippen LogP contribution in [-0.2, 0) is 9.63 Å². The highest BCUT2D eigenvalue weighted by atomic mass is 16.7. The lowest BCUT2D eigenvalue weighted by molar-refractivity contribution is -0.149. The van der Waals surface area contributed by atoms with Crippen LogP contribution in [0.5, 0.6) is 0 Å². The first kappa shape index (κ1) is 42.3. The molecule has 0 N–H and O–H groups in total. The molecule has 0 radical (unpaired) electrons. The van der Waals surface area contributed by atoms with Gasteiger partial charge in [0, 0.05) is 86.0 Å². The Hall–Kier alpha value is -6.81. The van der Waals surface area contributed by atoms with Gasteiger partial charge in [0.05, 0.1) is 11.6 Å². The van der Waals surface area contributed by atoms with E-state index in [0.717, 1.165) is 61.6 Å². The molecule has 1 fully saturated rings. The SMILES string of the molecule is Cc1cc(C(C[C@H](c2ccc(C(=O)N(C)C)cc2)c2ccccc2C)=NOC(=O)C2CN(c3ccc([C@@H](CC(N=O)c4ccnc(C)c4)c4ccccc4C)cc3)C2)ccn1. The van der Waals surface area contributed by atoms with Crippen LogP contribution in [0.3, 0.4) is 0 Å². The van der Waals surface area contributed by atoms with E-state index >= 15 is 0 Å². The predicted molar refractivity (Wildman–Crippen MR) is 241 cm³/mol. The van der Waals surface area contributed by atoms with Crippen LogP contribution in [0.25, 0.3) is 0 Å². The van der Waals surface area contributed by atoms with Crippen LogP contribution in [0.2, 0.25) is 0 Å². The summed E-state index contributed by atoms with van der Waals surface area (Å²) in [5, 5.41) is 8.14. The minimum atomic E-state index is -0.529. The quantitative estimate of drug-likeness (QED) is 0.0439. The van der Waals surface area contributed by atoms with E-state index in [0.29, 0.717) is 37.2 Å². The first-order chi connectivity index (χ1) is 29.5. The van der Waals surface area contributed by atoms with Crippen LogP contribution in [0.15, 0.2) is 144 Å². The molecule has 3 heterocycles. The molecule has 7 rings (SSSR count). The molecule has 2 aromatic heterocycles. The number of amides is 1. The van der Waals surface area contributed by atoms with E-state index in [1.807, 2.05) is 86.6 Å². The lowest BCUT2D eigenvalue weighted by atomic mass is 9.82. The van der Waals surface area contributed by atoms with Gasteiger partial charge in [-0.3, -0.25) is 14.8 Å². The van der Waals surface area contributed by atoms with E-state index in [1.165, 1.54) is 0 Å². The largest absolute Gasteiger partial charge is 0.370 e. The highest BCUT2D eigenvalue weighted by Crippen LogP contribution is 2.39. The molecule has 1 saturated heterocycles. The van der Waals surface area contributed by atoms with Crippen molar-refractivity contribution in [2.24, 2.45) is 16.3 Å². The Kier molecular flexibility index (Phi) is 13.2. The molecular weight excluding hydrogens is 761 g/mol. The lowest BCUT2D eigenvalue weighted by Gasteiger charge is -2.39. The summed E-state index contributed by atoms with van der Waals surface area (Å²) in [5.74, 6) is -0.982. The maximum atomic E-state index is 13.6. The second-order valence-electron chi connectivity index (χ2n) is 16.3. The molecule has 3 atom stereocenters. The number of benzene rings is 4. The number of aryl methyl sites for hydroxylation is 4. The molecule has 0 saturated carbocycles. The zero-order valence-electron chi connectivity index (χ0n) is 35.7. The first-order valence-electron chi connectivity index (χ1n) is 20.7. The van der Waals surface area contributed by atoms with Gasteiger partial charge in [-0.05, 0) is 122 Å². The van der Waals surface area contributed by atoms with Crippen molar-refractivity contribution >= 4 is 23.3 Å². The third-order valence-corrected chi connectivity index (χ3v) is 11.7. The van der Waals surface area contributed by atoms with Crippen molar-refractivity contribution in [1.29, 1.82) is 0 Å². The summed E-state index contributed by atoms with van der Waals surface area (Å²) in [6.07, 6.45) is 4.43. The Morgan fingerprint density at radius 1 is 0.705 bits per heavy atom. The Labute approximate surface area is 358 Å². The number of pyridine rings is 2. The minimum Gasteiger partial charge on any atom is -0.370 e. The van der Waals surface area contributed by atoms with Gasteiger partial charge in [-0.15, -0.1) is 0 Å². The van der Waals surface area contributed by atoms with Crippen LogP contribution >= 0.6 is 0 Å². The summed E-state index contributed by atoms with van der Waals surface area (Å²) in [6, 6.07) is 39.7. The fourth-order valence-corrected chi connectivity index (χ4v) is 8.22. The second kappa shape index (κ2) is 19.1. The second-order valence-corrected chi connectivity index (χ2v) is 16.3. The Bertz CT molecular complexity index is 2530. The van der Waals surface area contributed by atoms with Crippen molar-refractivity contribution in [1.82, 2.24) is 14.9 Å². The van der Waals surface area contributed by atoms with E-state index < -0.39 is 6.04 Å². The first-order valence-corrected chi connectivity index (χ1v) is 20.7. The van der Waals surface area contributed by atoms with Gasteiger partial charge in [0.15, 0.2) is 0 Å². The van der Waals surface area contributed by atoms with Gasteiger partial charge < -0.3 is 14.6 Å². The topological polar surface area (TPSA) is 117 Å². The molecule has 6 aromatic rings. The van der Waals surface area contributed by atoms with Crippen molar-refractivity contribution in [2.45, 2.75) is 58.4 Å². The Balaban J connectivity index is 1.08. The zero-order valence-corrected chi connectivity index (χ0v) is 35.7. The summed E-state index contributed by atoms with van der Waals surface area (Å²) in [6.45, 7) is 9.02. The van der Waals surface area contributed by atoms with Gasteiger partial charge in [0.1, 0.15) is 6.04 Å². The standard InChI is InChI=1S/C51H52N6O4/c1-33-11-7-9-13-44(33)46(29-48(54-60)40-23-25-52-35(3)27-40)38-19-21-43(22-20-38)57-31-42(32-57)51(59)61-55-49(41-24-26-53-36(4)28-41)30-47(45-14-10-8-12-34(45)2)37-15-17-39(18-16-37)50(58)56(5)6/h7-28,42,46-48H,29-32H2,1-6H3/t46-,47-,48?/m1/s1. The number of hydrogen-bond donors (Lipinski definition) is 0. The van der Waals surface area contributed by atoms with Gasteiger partial charge >= 0.3 is 5.97 Å². The van der Waals surface area contributed by atoms with Crippen LogP contribution in [0, 0.1) is 38.5 Å². The highest BCUT2D eigenvalue weighted by Gasteiger charge is 2.35. The molecule has 10 heteroatoms. The zero-order chi connectivity index (χ0) is 43.0.